The highest BCUT2D eigenvalue weighted by molar-refractivity contribution is 5.79. The van der Waals surface area contributed by atoms with Crippen molar-refractivity contribution in [2.45, 2.75) is 44.2 Å². The minimum atomic E-state index is -4.84. The summed E-state index contributed by atoms with van der Waals surface area (Å²) in [6.45, 7) is 0.889. The number of nitrogens with two attached hydrogens (primary N) is 1. The normalized spacial score (nSPS) is 19.4. The second kappa shape index (κ2) is 4.91. The Hall–Kier alpha value is -1.31. The van der Waals surface area contributed by atoms with Crippen molar-refractivity contribution in [3.63, 3.8) is 0 Å². The van der Waals surface area contributed by atoms with Crippen LogP contribution in [-0.4, -0.2) is 36.4 Å². The van der Waals surface area contributed by atoms with Crippen LogP contribution in [0.15, 0.2) is 0 Å². The maximum atomic E-state index is 12.3. The van der Waals surface area contributed by atoms with Crippen LogP contribution in [0.25, 0.3) is 0 Å². The molecule has 1 aliphatic carbocycles. The number of esters is 2. The maximum absolute atomic E-state index is 12.3. The first-order chi connectivity index (χ1) is 7.71. The predicted octanol–water partition coefficient (Wildman–Crippen LogP) is 0.513. The van der Waals surface area contributed by atoms with E-state index in [1.165, 1.54) is 0 Å². The molecule has 0 radical (unpaired) electrons. The average Bonchev–Trinajstić information content (AvgIpc) is 2.94. The second-order valence-electron chi connectivity index (χ2n) is 3.73. The van der Waals surface area contributed by atoms with Gasteiger partial charge in [0.2, 0.25) is 6.10 Å². The molecular weight excluding hydrogens is 243 g/mol. The van der Waals surface area contributed by atoms with Crippen molar-refractivity contribution >= 4 is 11.9 Å². The molecule has 0 aromatic rings. The van der Waals surface area contributed by atoms with Crippen LogP contribution >= 0.6 is 0 Å². The summed E-state index contributed by atoms with van der Waals surface area (Å²) in [5, 5.41) is 0. The summed E-state index contributed by atoms with van der Waals surface area (Å²) in [6, 6.07) is -2.59. The quantitative estimate of drug-likeness (QED) is 0.740. The number of hydrogen-bond donors (Lipinski definition) is 1. The van der Waals surface area contributed by atoms with Crippen LogP contribution in [0.5, 0.6) is 0 Å². The van der Waals surface area contributed by atoms with Crippen LogP contribution in [0.3, 0.4) is 0 Å². The van der Waals surface area contributed by atoms with Crippen LogP contribution in [0, 0.1) is 0 Å². The van der Waals surface area contributed by atoms with Crippen molar-refractivity contribution in [2.75, 3.05) is 0 Å². The van der Waals surface area contributed by atoms with E-state index in [9.17, 15) is 22.8 Å². The van der Waals surface area contributed by atoms with Crippen LogP contribution in [0.2, 0.25) is 0 Å². The zero-order chi connectivity index (χ0) is 13.2. The molecule has 0 amide bonds. The van der Waals surface area contributed by atoms with E-state index in [0.29, 0.717) is 12.8 Å². The molecule has 0 aromatic carbocycles. The van der Waals surface area contributed by atoms with Crippen molar-refractivity contribution in [1.82, 2.24) is 0 Å². The molecule has 98 valence electrons. The molecule has 2 N–H and O–H groups in total. The van der Waals surface area contributed by atoms with Gasteiger partial charge >= 0.3 is 18.1 Å². The van der Waals surface area contributed by atoms with E-state index in [0.717, 1.165) is 6.92 Å². The third kappa shape index (κ3) is 4.22. The first-order valence-electron chi connectivity index (χ1n) is 4.92. The fraction of sp³-hybridized carbons (Fsp3) is 0.778. The maximum Gasteiger partial charge on any atom is 0.407 e. The van der Waals surface area contributed by atoms with Gasteiger partial charge in [0.25, 0.3) is 0 Å². The molecule has 0 aliphatic heterocycles. The van der Waals surface area contributed by atoms with Gasteiger partial charge in [0, 0.05) is 6.92 Å². The molecular formula is C9H12F3NO4. The Morgan fingerprint density at radius 1 is 1.35 bits per heavy atom. The lowest BCUT2D eigenvalue weighted by Crippen LogP contribution is -2.53. The van der Waals surface area contributed by atoms with Gasteiger partial charge in [0.1, 0.15) is 12.1 Å². The highest BCUT2D eigenvalue weighted by Crippen LogP contribution is 2.27. The lowest BCUT2D eigenvalue weighted by molar-refractivity contribution is -0.196. The lowest BCUT2D eigenvalue weighted by atomic mass is 10.1. The Labute approximate surface area is 95.0 Å². The van der Waals surface area contributed by atoms with Crippen LogP contribution < -0.4 is 5.73 Å². The topological polar surface area (TPSA) is 78.6 Å². The molecule has 0 saturated heterocycles. The van der Waals surface area contributed by atoms with Gasteiger partial charge in [-0.05, 0) is 12.8 Å². The van der Waals surface area contributed by atoms with E-state index in [-0.39, 0.29) is 6.10 Å². The van der Waals surface area contributed by atoms with Crippen molar-refractivity contribution in [1.29, 1.82) is 0 Å². The summed E-state index contributed by atoms with van der Waals surface area (Å²) in [5.41, 5.74) is 4.84. The van der Waals surface area contributed by atoms with Gasteiger partial charge in [-0.25, -0.2) is 4.79 Å². The van der Waals surface area contributed by atoms with E-state index in [4.69, 9.17) is 5.73 Å². The molecule has 0 spiro atoms. The molecule has 17 heavy (non-hydrogen) atoms. The van der Waals surface area contributed by atoms with Gasteiger partial charge in [-0.3, -0.25) is 4.79 Å². The number of ether oxygens (including phenoxy) is 2. The summed E-state index contributed by atoms with van der Waals surface area (Å²) >= 11 is 0. The summed E-state index contributed by atoms with van der Waals surface area (Å²) < 4.78 is 45.9. The van der Waals surface area contributed by atoms with E-state index in [1.807, 2.05) is 0 Å². The number of hydrogen-bond acceptors (Lipinski definition) is 5. The van der Waals surface area contributed by atoms with E-state index in [2.05, 4.69) is 9.47 Å². The van der Waals surface area contributed by atoms with Gasteiger partial charge in [0.05, 0.1) is 0 Å². The number of carbonyl (C=O) groups excluding carboxylic acids is 2. The molecule has 1 rings (SSSR count). The summed E-state index contributed by atoms with van der Waals surface area (Å²) in [6.07, 6.45) is -6.18. The van der Waals surface area contributed by atoms with E-state index >= 15 is 0 Å². The molecule has 2 atom stereocenters. The van der Waals surface area contributed by atoms with Gasteiger partial charge in [-0.15, -0.1) is 0 Å². The lowest BCUT2D eigenvalue weighted by Gasteiger charge is -2.23. The standard InChI is InChI=1S/C9H12F3NO4/c1-4(14)16-6(7(13)9(10,11)12)8(15)17-5-2-3-5/h5-7H,2-3,13H2,1H3/t6-,7-/m1/s1. The van der Waals surface area contributed by atoms with Crippen molar-refractivity contribution in [2.24, 2.45) is 5.73 Å². The Kier molecular flexibility index (Phi) is 3.97. The van der Waals surface area contributed by atoms with Crippen LogP contribution in [-0.2, 0) is 19.1 Å². The third-order valence-electron chi connectivity index (χ3n) is 2.04. The second-order valence-corrected chi connectivity index (χ2v) is 3.73. The smallest absolute Gasteiger partial charge is 0.407 e. The Balaban J connectivity index is 2.70. The molecule has 0 heterocycles. The highest BCUT2D eigenvalue weighted by atomic mass is 19.4. The van der Waals surface area contributed by atoms with Gasteiger partial charge in [-0.2, -0.15) is 13.2 Å². The number of halogens is 3. The van der Waals surface area contributed by atoms with Crippen molar-refractivity contribution < 1.29 is 32.2 Å². The predicted molar refractivity (Wildman–Crippen MR) is 48.7 cm³/mol. The summed E-state index contributed by atoms with van der Waals surface area (Å²) in [5.74, 6) is -2.28. The Morgan fingerprint density at radius 2 is 1.88 bits per heavy atom. The van der Waals surface area contributed by atoms with Gasteiger partial charge in [-0.1, -0.05) is 0 Å². The molecule has 1 aliphatic rings. The molecule has 8 heteroatoms. The molecule has 1 saturated carbocycles. The fourth-order valence-electron chi connectivity index (χ4n) is 1.04. The molecule has 0 unspecified atom stereocenters. The Bertz CT molecular complexity index is 314. The van der Waals surface area contributed by atoms with Gasteiger partial charge < -0.3 is 15.2 Å². The summed E-state index contributed by atoms with van der Waals surface area (Å²) in [7, 11) is 0. The van der Waals surface area contributed by atoms with Gasteiger partial charge in [0.15, 0.2) is 0 Å². The van der Waals surface area contributed by atoms with E-state index in [1.54, 1.807) is 0 Å². The number of carbonyl (C=O) groups is 2. The molecule has 1 fully saturated rings. The van der Waals surface area contributed by atoms with E-state index < -0.39 is 30.3 Å². The minimum Gasteiger partial charge on any atom is -0.460 e. The zero-order valence-corrected chi connectivity index (χ0v) is 8.99. The number of rotatable bonds is 4. The van der Waals surface area contributed by atoms with Crippen LogP contribution in [0.4, 0.5) is 13.2 Å². The average molecular weight is 255 g/mol. The van der Waals surface area contributed by atoms with Crippen molar-refractivity contribution in [3.05, 3.63) is 0 Å². The molecule has 0 bridgehead atoms. The fourth-order valence-corrected chi connectivity index (χ4v) is 1.04. The summed E-state index contributed by atoms with van der Waals surface area (Å²) in [4.78, 5) is 22.0. The first-order valence-corrected chi connectivity index (χ1v) is 4.92. The third-order valence-corrected chi connectivity index (χ3v) is 2.04. The largest absolute Gasteiger partial charge is 0.460 e. The highest BCUT2D eigenvalue weighted by Gasteiger charge is 2.48. The van der Waals surface area contributed by atoms with Crippen LogP contribution in [0.1, 0.15) is 19.8 Å². The first kappa shape index (κ1) is 13.8. The Morgan fingerprint density at radius 3 is 2.24 bits per heavy atom. The SMILES string of the molecule is CC(=O)O[C@@H](C(=O)OC1CC1)[C@@H](N)C(F)(F)F. The van der Waals surface area contributed by atoms with Crippen molar-refractivity contribution in [3.8, 4) is 0 Å². The molecule has 5 nitrogen and oxygen atoms in total. The zero-order valence-electron chi connectivity index (χ0n) is 8.99. The number of alkyl halides is 3. The minimum absolute atomic E-state index is 0.388. The molecule has 0 aromatic heterocycles. The monoisotopic (exact) mass is 255 g/mol.